The number of hydrogen-bond acceptors (Lipinski definition) is 2. The quantitative estimate of drug-likeness (QED) is 0.613. The standard InChI is InChI=1S/C12H8BrNO/c13-12-11(2-1-7-14-12)10-5-3-9(8-15)4-6-10/h1-8H. The van der Waals surface area contributed by atoms with Crippen LogP contribution in [0.5, 0.6) is 0 Å². The van der Waals surface area contributed by atoms with E-state index in [0.29, 0.717) is 5.56 Å². The Bertz CT molecular complexity index is 479. The zero-order chi connectivity index (χ0) is 10.7. The van der Waals surface area contributed by atoms with Gasteiger partial charge in [0.05, 0.1) is 0 Å². The van der Waals surface area contributed by atoms with Crippen molar-refractivity contribution in [2.45, 2.75) is 0 Å². The van der Waals surface area contributed by atoms with E-state index in [9.17, 15) is 4.79 Å². The zero-order valence-electron chi connectivity index (χ0n) is 7.85. The molecule has 0 amide bonds. The summed E-state index contributed by atoms with van der Waals surface area (Å²) in [5.41, 5.74) is 2.74. The van der Waals surface area contributed by atoms with Crippen LogP contribution in [0.1, 0.15) is 10.4 Å². The lowest BCUT2D eigenvalue weighted by atomic mass is 10.1. The van der Waals surface area contributed by atoms with Gasteiger partial charge in [-0.3, -0.25) is 4.79 Å². The number of nitrogens with zero attached hydrogens (tertiary/aromatic N) is 1. The fraction of sp³-hybridized carbons (Fsp3) is 0. The number of carbonyl (C=O) groups excluding carboxylic acids is 1. The normalized spacial score (nSPS) is 9.93. The summed E-state index contributed by atoms with van der Waals surface area (Å²) in [5, 5.41) is 0. The van der Waals surface area contributed by atoms with Gasteiger partial charge in [-0.2, -0.15) is 0 Å². The summed E-state index contributed by atoms with van der Waals surface area (Å²) >= 11 is 3.39. The molecule has 2 aromatic rings. The first-order valence-corrected chi connectivity index (χ1v) is 5.26. The highest BCUT2D eigenvalue weighted by Gasteiger charge is 2.02. The van der Waals surface area contributed by atoms with Gasteiger partial charge < -0.3 is 0 Å². The minimum atomic E-state index is 0.679. The predicted molar refractivity (Wildman–Crippen MR) is 62.8 cm³/mol. The number of halogens is 1. The van der Waals surface area contributed by atoms with Crippen LogP contribution in [0.3, 0.4) is 0 Å². The summed E-state index contributed by atoms with van der Waals surface area (Å²) in [5.74, 6) is 0. The summed E-state index contributed by atoms with van der Waals surface area (Å²) in [4.78, 5) is 14.6. The highest BCUT2D eigenvalue weighted by molar-refractivity contribution is 9.10. The molecule has 1 aromatic carbocycles. The Morgan fingerprint density at radius 2 is 1.87 bits per heavy atom. The van der Waals surface area contributed by atoms with E-state index in [1.54, 1.807) is 18.3 Å². The van der Waals surface area contributed by atoms with Crippen molar-refractivity contribution in [2.75, 3.05) is 0 Å². The summed E-state index contributed by atoms with van der Waals surface area (Å²) in [6, 6.07) is 11.3. The van der Waals surface area contributed by atoms with Crippen molar-refractivity contribution in [2.24, 2.45) is 0 Å². The summed E-state index contributed by atoms with van der Waals surface area (Å²) in [6.07, 6.45) is 2.56. The van der Waals surface area contributed by atoms with E-state index in [4.69, 9.17) is 0 Å². The van der Waals surface area contributed by atoms with E-state index in [1.165, 1.54) is 0 Å². The Morgan fingerprint density at radius 3 is 2.47 bits per heavy atom. The van der Waals surface area contributed by atoms with Crippen LogP contribution in [-0.2, 0) is 0 Å². The van der Waals surface area contributed by atoms with Crippen molar-refractivity contribution in [1.82, 2.24) is 4.98 Å². The van der Waals surface area contributed by atoms with E-state index in [-0.39, 0.29) is 0 Å². The van der Waals surface area contributed by atoms with Crippen molar-refractivity contribution in [3.05, 3.63) is 52.8 Å². The molecule has 0 saturated carbocycles. The van der Waals surface area contributed by atoms with E-state index in [1.807, 2.05) is 24.3 Å². The van der Waals surface area contributed by atoms with Crippen molar-refractivity contribution in [3.63, 3.8) is 0 Å². The van der Waals surface area contributed by atoms with Gasteiger partial charge in [-0.1, -0.05) is 30.3 Å². The zero-order valence-corrected chi connectivity index (χ0v) is 9.44. The van der Waals surface area contributed by atoms with Crippen LogP contribution in [-0.4, -0.2) is 11.3 Å². The minimum Gasteiger partial charge on any atom is -0.298 e. The molecule has 3 heteroatoms. The third-order valence-electron chi connectivity index (χ3n) is 2.12. The molecular formula is C12H8BrNO. The molecule has 0 N–H and O–H groups in total. The molecule has 0 radical (unpaired) electrons. The molecule has 0 spiro atoms. The van der Waals surface area contributed by atoms with Gasteiger partial charge in [-0.25, -0.2) is 4.98 Å². The van der Waals surface area contributed by atoms with Crippen molar-refractivity contribution < 1.29 is 4.79 Å². The number of aldehydes is 1. The maximum absolute atomic E-state index is 10.5. The van der Waals surface area contributed by atoms with Gasteiger partial charge in [-0.05, 0) is 27.6 Å². The molecule has 1 aromatic heterocycles. The van der Waals surface area contributed by atoms with E-state index in [0.717, 1.165) is 22.0 Å². The Kier molecular flexibility index (Phi) is 2.92. The Labute approximate surface area is 96.1 Å². The van der Waals surface area contributed by atoms with Gasteiger partial charge in [-0.15, -0.1) is 0 Å². The number of aromatic nitrogens is 1. The fourth-order valence-electron chi connectivity index (χ4n) is 1.34. The van der Waals surface area contributed by atoms with Gasteiger partial charge in [0.1, 0.15) is 10.9 Å². The molecular weight excluding hydrogens is 254 g/mol. The van der Waals surface area contributed by atoms with Gasteiger partial charge in [0.2, 0.25) is 0 Å². The topological polar surface area (TPSA) is 30.0 Å². The molecule has 74 valence electrons. The van der Waals surface area contributed by atoms with Crippen molar-refractivity contribution >= 4 is 22.2 Å². The van der Waals surface area contributed by atoms with Crippen LogP contribution in [0.25, 0.3) is 11.1 Å². The smallest absolute Gasteiger partial charge is 0.150 e. The molecule has 2 nitrogen and oxygen atoms in total. The second-order valence-electron chi connectivity index (χ2n) is 3.08. The lowest BCUT2D eigenvalue weighted by Crippen LogP contribution is -1.84. The van der Waals surface area contributed by atoms with Gasteiger partial charge in [0, 0.05) is 17.3 Å². The third-order valence-corrected chi connectivity index (χ3v) is 2.75. The molecule has 2 rings (SSSR count). The van der Waals surface area contributed by atoms with E-state index < -0.39 is 0 Å². The van der Waals surface area contributed by atoms with Crippen molar-refractivity contribution in [3.8, 4) is 11.1 Å². The summed E-state index contributed by atoms with van der Waals surface area (Å²) in [7, 11) is 0. The van der Waals surface area contributed by atoms with E-state index in [2.05, 4.69) is 20.9 Å². The molecule has 0 fully saturated rings. The predicted octanol–water partition coefficient (Wildman–Crippen LogP) is 3.32. The molecule has 0 bridgehead atoms. The number of carbonyl (C=O) groups is 1. The van der Waals surface area contributed by atoms with Gasteiger partial charge in [0.15, 0.2) is 0 Å². The van der Waals surface area contributed by atoms with Crippen LogP contribution in [0.2, 0.25) is 0 Å². The van der Waals surface area contributed by atoms with Crippen LogP contribution in [0, 0.1) is 0 Å². The summed E-state index contributed by atoms with van der Waals surface area (Å²) < 4.78 is 0.809. The summed E-state index contributed by atoms with van der Waals surface area (Å²) in [6.45, 7) is 0. The first-order chi connectivity index (χ1) is 7.31. The molecule has 15 heavy (non-hydrogen) atoms. The number of pyridine rings is 1. The van der Waals surface area contributed by atoms with Crippen LogP contribution >= 0.6 is 15.9 Å². The fourth-order valence-corrected chi connectivity index (χ4v) is 1.82. The van der Waals surface area contributed by atoms with Gasteiger partial charge >= 0.3 is 0 Å². The first kappa shape index (κ1) is 10.1. The second-order valence-corrected chi connectivity index (χ2v) is 3.83. The molecule has 0 saturated heterocycles. The SMILES string of the molecule is O=Cc1ccc(-c2cccnc2Br)cc1. The largest absolute Gasteiger partial charge is 0.298 e. The highest BCUT2D eigenvalue weighted by atomic mass is 79.9. The molecule has 0 aliphatic heterocycles. The van der Waals surface area contributed by atoms with Gasteiger partial charge in [0.25, 0.3) is 0 Å². The highest BCUT2D eigenvalue weighted by Crippen LogP contribution is 2.25. The lowest BCUT2D eigenvalue weighted by molar-refractivity contribution is 0.112. The second kappa shape index (κ2) is 4.36. The number of hydrogen-bond donors (Lipinski definition) is 0. The molecule has 0 atom stereocenters. The van der Waals surface area contributed by atoms with E-state index >= 15 is 0 Å². The average Bonchev–Trinajstić information content (AvgIpc) is 2.30. The Hall–Kier alpha value is -1.48. The molecule has 0 aliphatic rings. The first-order valence-electron chi connectivity index (χ1n) is 4.47. The Morgan fingerprint density at radius 1 is 1.13 bits per heavy atom. The third kappa shape index (κ3) is 2.13. The maximum Gasteiger partial charge on any atom is 0.150 e. The molecule has 0 unspecified atom stereocenters. The number of benzene rings is 1. The van der Waals surface area contributed by atoms with Crippen LogP contribution in [0.15, 0.2) is 47.2 Å². The average molecular weight is 262 g/mol. The molecule has 0 aliphatic carbocycles. The lowest BCUT2D eigenvalue weighted by Gasteiger charge is -2.03. The number of rotatable bonds is 2. The van der Waals surface area contributed by atoms with Crippen LogP contribution in [0.4, 0.5) is 0 Å². The van der Waals surface area contributed by atoms with Crippen molar-refractivity contribution in [1.29, 1.82) is 0 Å². The Balaban J connectivity index is 2.46. The molecule has 1 heterocycles. The maximum atomic E-state index is 10.5. The van der Waals surface area contributed by atoms with Crippen LogP contribution < -0.4 is 0 Å². The minimum absolute atomic E-state index is 0.679. The monoisotopic (exact) mass is 261 g/mol.